The standard InChI is InChI=1S/C23H46/c1-5-8-10-12-14-16-18-20-22-23(4,7-3)21-19-17-15-13-11-9-6-2/h7H,3,5-6,8-22H2,1-2,4H3. The molecule has 0 aliphatic carbocycles. The smallest absolute Gasteiger partial charge is 0.0149 e. The second-order valence-electron chi connectivity index (χ2n) is 7.95. The molecule has 23 heavy (non-hydrogen) atoms. The fourth-order valence-electron chi connectivity index (χ4n) is 3.48. The summed E-state index contributed by atoms with van der Waals surface area (Å²) in [4.78, 5) is 0. The van der Waals surface area contributed by atoms with Gasteiger partial charge in [-0.2, -0.15) is 0 Å². The van der Waals surface area contributed by atoms with Gasteiger partial charge in [-0.05, 0) is 18.3 Å². The monoisotopic (exact) mass is 322 g/mol. The van der Waals surface area contributed by atoms with Crippen LogP contribution in [-0.2, 0) is 0 Å². The van der Waals surface area contributed by atoms with Crippen LogP contribution in [0, 0.1) is 5.41 Å². The van der Waals surface area contributed by atoms with Crippen LogP contribution in [-0.4, -0.2) is 0 Å². The second kappa shape index (κ2) is 16.6. The lowest BCUT2D eigenvalue weighted by atomic mass is 9.80. The number of hydrogen-bond donors (Lipinski definition) is 0. The summed E-state index contributed by atoms with van der Waals surface area (Å²) in [6.07, 6.45) is 26.2. The maximum absolute atomic E-state index is 4.12. The van der Waals surface area contributed by atoms with Crippen molar-refractivity contribution in [1.29, 1.82) is 0 Å². The third-order valence-corrected chi connectivity index (χ3v) is 5.45. The topological polar surface area (TPSA) is 0 Å². The molecule has 0 aliphatic heterocycles. The highest BCUT2D eigenvalue weighted by molar-refractivity contribution is 4.91. The Labute approximate surface area is 148 Å². The predicted octanol–water partition coefficient (Wildman–Crippen LogP) is 8.85. The van der Waals surface area contributed by atoms with E-state index in [1.807, 2.05) is 0 Å². The van der Waals surface area contributed by atoms with Crippen LogP contribution < -0.4 is 0 Å². The average molecular weight is 323 g/mol. The lowest BCUT2D eigenvalue weighted by molar-refractivity contribution is 0.328. The minimum atomic E-state index is 0.394. The van der Waals surface area contributed by atoms with Gasteiger partial charge in [0.05, 0.1) is 0 Å². The van der Waals surface area contributed by atoms with Crippen LogP contribution in [0.5, 0.6) is 0 Å². The zero-order chi connectivity index (χ0) is 17.2. The van der Waals surface area contributed by atoms with Crippen molar-refractivity contribution in [2.24, 2.45) is 5.41 Å². The first-order valence-corrected chi connectivity index (χ1v) is 10.8. The summed E-state index contributed by atoms with van der Waals surface area (Å²) in [7, 11) is 0. The maximum Gasteiger partial charge on any atom is -0.0149 e. The third kappa shape index (κ3) is 15.0. The van der Waals surface area contributed by atoms with Gasteiger partial charge in [0, 0.05) is 0 Å². The van der Waals surface area contributed by atoms with Gasteiger partial charge in [-0.3, -0.25) is 0 Å². The molecular weight excluding hydrogens is 276 g/mol. The van der Waals surface area contributed by atoms with Crippen molar-refractivity contribution in [2.45, 2.75) is 130 Å². The van der Waals surface area contributed by atoms with Crippen LogP contribution in [0.4, 0.5) is 0 Å². The molecule has 0 rings (SSSR count). The molecule has 0 heterocycles. The highest BCUT2D eigenvalue weighted by Gasteiger charge is 2.18. The molecular formula is C23H46. The van der Waals surface area contributed by atoms with Crippen molar-refractivity contribution in [3.63, 3.8) is 0 Å². The van der Waals surface area contributed by atoms with Gasteiger partial charge in [-0.25, -0.2) is 0 Å². The Kier molecular flexibility index (Phi) is 16.4. The third-order valence-electron chi connectivity index (χ3n) is 5.45. The van der Waals surface area contributed by atoms with E-state index in [4.69, 9.17) is 0 Å². The summed E-state index contributed by atoms with van der Waals surface area (Å²) in [5, 5.41) is 0. The molecule has 0 saturated heterocycles. The van der Waals surface area contributed by atoms with Crippen molar-refractivity contribution in [2.75, 3.05) is 0 Å². The fourth-order valence-corrected chi connectivity index (χ4v) is 3.48. The average Bonchev–Trinajstić information content (AvgIpc) is 2.56. The molecule has 0 aromatic rings. The summed E-state index contributed by atoms with van der Waals surface area (Å²) in [6, 6.07) is 0. The number of hydrogen-bond acceptors (Lipinski definition) is 0. The van der Waals surface area contributed by atoms with Gasteiger partial charge in [-0.15, -0.1) is 6.58 Å². The van der Waals surface area contributed by atoms with Gasteiger partial charge in [0.25, 0.3) is 0 Å². The Morgan fingerprint density at radius 1 is 0.565 bits per heavy atom. The molecule has 0 amide bonds. The van der Waals surface area contributed by atoms with E-state index in [9.17, 15) is 0 Å². The van der Waals surface area contributed by atoms with Crippen LogP contribution >= 0.6 is 0 Å². The van der Waals surface area contributed by atoms with Crippen molar-refractivity contribution in [1.82, 2.24) is 0 Å². The summed E-state index contributed by atoms with van der Waals surface area (Å²) in [5.41, 5.74) is 0.394. The number of unbranched alkanes of at least 4 members (excludes halogenated alkanes) is 13. The summed E-state index contributed by atoms with van der Waals surface area (Å²) in [5.74, 6) is 0. The summed E-state index contributed by atoms with van der Waals surface area (Å²) >= 11 is 0. The number of allylic oxidation sites excluding steroid dienone is 1. The molecule has 0 aromatic heterocycles. The Morgan fingerprint density at radius 2 is 0.870 bits per heavy atom. The SMILES string of the molecule is C=CC(C)(CCCCCCCCC)CCCCCCCCCC. The minimum absolute atomic E-state index is 0.394. The summed E-state index contributed by atoms with van der Waals surface area (Å²) in [6.45, 7) is 11.1. The van der Waals surface area contributed by atoms with Gasteiger partial charge in [0.2, 0.25) is 0 Å². The van der Waals surface area contributed by atoms with Gasteiger partial charge in [-0.1, -0.05) is 123 Å². The fraction of sp³-hybridized carbons (Fsp3) is 0.913. The van der Waals surface area contributed by atoms with Crippen LogP contribution in [0.3, 0.4) is 0 Å². The van der Waals surface area contributed by atoms with Crippen LogP contribution in [0.15, 0.2) is 12.7 Å². The molecule has 1 atom stereocenters. The quantitative estimate of drug-likeness (QED) is 0.174. The Hall–Kier alpha value is -0.260. The van der Waals surface area contributed by atoms with Crippen LogP contribution in [0.1, 0.15) is 130 Å². The van der Waals surface area contributed by atoms with Gasteiger partial charge < -0.3 is 0 Å². The van der Waals surface area contributed by atoms with E-state index in [1.165, 1.54) is 109 Å². The first-order chi connectivity index (χ1) is 11.2. The predicted molar refractivity (Wildman–Crippen MR) is 108 cm³/mol. The van der Waals surface area contributed by atoms with Crippen molar-refractivity contribution in [3.05, 3.63) is 12.7 Å². The first-order valence-electron chi connectivity index (χ1n) is 10.8. The lowest BCUT2D eigenvalue weighted by Crippen LogP contribution is -2.12. The molecule has 1 unspecified atom stereocenters. The Morgan fingerprint density at radius 3 is 1.17 bits per heavy atom. The van der Waals surface area contributed by atoms with Crippen LogP contribution in [0.25, 0.3) is 0 Å². The molecule has 0 nitrogen and oxygen atoms in total. The van der Waals surface area contributed by atoms with E-state index in [0.717, 1.165) is 0 Å². The van der Waals surface area contributed by atoms with Crippen LogP contribution in [0.2, 0.25) is 0 Å². The molecule has 0 fully saturated rings. The second-order valence-corrected chi connectivity index (χ2v) is 7.95. The molecule has 0 spiro atoms. The Bertz CT molecular complexity index is 242. The maximum atomic E-state index is 4.12. The highest BCUT2D eigenvalue weighted by atomic mass is 14.2. The first kappa shape index (κ1) is 22.7. The molecule has 0 saturated carbocycles. The molecule has 0 bridgehead atoms. The zero-order valence-electron chi connectivity index (χ0n) is 16.8. The van der Waals surface area contributed by atoms with E-state index in [1.54, 1.807) is 0 Å². The summed E-state index contributed by atoms with van der Waals surface area (Å²) < 4.78 is 0. The van der Waals surface area contributed by atoms with Gasteiger partial charge in [0.1, 0.15) is 0 Å². The molecule has 0 aliphatic rings. The number of rotatable bonds is 18. The van der Waals surface area contributed by atoms with Crippen molar-refractivity contribution in [3.8, 4) is 0 Å². The Balaban J connectivity index is 3.54. The highest BCUT2D eigenvalue weighted by Crippen LogP contribution is 2.32. The van der Waals surface area contributed by atoms with E-state index in [-0.39, 0.29) is 0 Å². The van der Waals surface area contributed by atoms with Gasteiger partial charge in [0.15, 0.2) is 0 Å². The van der Waals surface area contributed by atoms with E-state index in [2.05, 4.69) is 33.4 Å². The van der Waals surface area contributed by atoms with Crippen molar-refractivity contribution < 1.29 is 0 Å². The molecule has 138 valence electrons. The van der Waals surface area contributed by atoms with E-state index < -0.39 is 0 Å². The largest absolute Gasteiger partial charge is 0.103 e. The minimum Gasteiger partial charge on any atom is -0.103 e. The lowest BCUT2D eigenvalue weighted by Gasteiger charge is -2.26. The molecule has 0 aromatic carbocycles. The van der Waals surface area contributed by atoms with Gasteiger partial charge >= 0.3 is 0 Å². The zero-order valence-corrected chi connectivity index (χ0v) is 16.8. The van der Waals surface area contributed by atoms with E-state index >= 15 is 0 Å². The molecule has 0 N–H and O–H groups in total. The normalized spacial score (nSPS) is 13.9. The molecule has 0 radical (unpaired) electrons. The van der Waals surface area contributed by atoms with E-state index in [0.29, 0.717) is 5.41 Å². The molecule has 0 heteroatoms. The van der Waals surface area contributed by atoms with Crippen molar-refractivity contribution >= 4 is 0 Å².